The van der Waals surface area contributed by atoms with Gasteiger partial charge in [0.2, 0.25) is 0 Å². The molecule has 0 aliphatic carbocycles. The molecule has 104 valence electrons. The lowest BCUT2D eigenvalue weighted by atomic mass is 10.1. The molecule has 0 rings (SSSR count). The molecule has 0 unspecified atom stereocenters. The van der Waals surface area contributed by atoms with Crippen molar-refractivity contribution in [3.05, 3.63) is 0 Å². The van der Waals surface area contributed by atoms with Crippen LogP contribution in [0.25, 0.3) is 0 Å². The van der Waals surface area contributed by atoms with Crippen LogP contribution in [0.2, 0.25) is 0 Å². The molecule has 0 amide bonds. The molecule has 0 atom stereocenters. The zero-order valence-corrected chi connectivity index (χ0v) is 10.4. The normalized spacial score (nSPS) is 11.1. The number of aliphatic hydroxyl groups is 2. The third kappa shape index (κ3) is 15.7. The molecule has 0 spiro atoms. The second kappa shape index (κ2) is 10.9. The van der Waals surface area contributed by atoms with Crippen LogP contribution in [0.3, 0.4) is 0 Å². The van der Waals surface area contributed by atoms with Gasteiger partial charge in [0.1, 0.15) is 0 Å². The largest absolute Gasteiger partial charge is 0.631 e. The van der Waals surface area contributed by atoms with Gasteiger partial charge in [-0.25, -0.2) is 0 Å². The molecule has 0 radical (unpaired) electrons. The van der Waals surface area contributed by atoms with Crippen molar-refractivity contribution in [2.24, 2.45) is 0 Å². The van der Waals surface area contributed by atoms with E-state index in [4.69, 9.17) is 35.0 Å². The molecule has 0 saturated heterocycles. The molecule has 0 aromatic heterocycles. The van der Waals surface area contributed by atoms with Crippen molar-refractivity contribution in [3.63, 3.8) is 0 Å². The minimum atomic E-state index is -2.17. The monoisotopic (exact) mass is 255 g/mol. The average molecular weight is 255 g/mol. The van der Waals surface area contributed by atoms with Crippen LogP contribution in [0.4, 0.5) is 0 Å². The molecule has 0 bridgehead atoms. The fourth-order valence-corrected chi connectivity index (χ4v) is 0.672. The van der Waals surface area contributed by atoms with Crippen molar-refractivity contribution in [2.45, 2.75) is 26.3 Å². The van der Waals surface area contributed by atoms with Gasteiger partial charge in [-0.15, -0.1) is 0 Å². The van der Waals surface area contributed by atoms with Crippen LogP contribution >= 0.6 is 0 Å². The van der Waals surface area contributed by atoms with Crippen molar-refractivity contribution < 1.29 is 35.0 Å². The van der Waals surface area contributed by atoms with Gasteiger partial charge >= 0.3 is 7.32 Å². The minimum Gasteiger partial charge on any atom is -0.402 e. The summed E-state index contributed by atoms with van der Waals surface area (Å²) in [4.78, 5) is 10.2. The molecular weight excluding hydrogens is 233 g/mol. The highest BCUT2D eigenvalue weighted by atomic mass is 17.0. The van der Waals surface area contributed by atoms with E-state index in [2.05, 4.69) is 0 Å². The molecule has 0 fully saturated rings. The Bertz CT molecular complexity index is 154. The van der Waals surface area contributed by atoms with Crippen LogP contribution in [0.15, 0.2) is 0 Å². The van der Waals surface area contributed by atoms with Gasteiger partial charge in [0, 0.05) is 0 Å². The Labute approximate surface area is 101 Å². The second-order valence-corrected chi connectivity index (χ2v) is 3.89. The first-order valence-electron chi connectivity index (χ1n) is 5.07. The van der Waals surface area contributed by atoms with Crippen molar-refractivity contribution in [3.8, 4) is 0 Å². The molecule has 0 aliphatic rings. The predicted octanol–water partition coefficient (Wildman–Crippen LogP) is -2.12. The lowest BCUT2D eigenvalue weighted by molar-refractivity contribution is -0.407. The Morgan fingerprint density at radius 1 is 0.941 bits per heavy atom. The molecule has 0 aliphatic heterocycles. The van der Waals surface area contributed by atoms with Gasteiger partial charge in [-0.1, -0.05) is 5.23 Å². The molecule has 0 aromatic carbocycles. The summed E-state index contributed by atoms with van der Waals surface area (Å²) in [6.07, 6.45) is 0. The van der Waals surface area contributed by atoms with Crippen LogP contribution < -0.4 is 0 Å². The van der Waals surface area contributed by atoms with Crippen molar-refractivity contribution in [1.29, 1.82) is 0 Å². The summed E-state index contributed by atoms with van der Waals surface area (Å²) in [6, 6.07) is 0. The Hall–Kier alpha value is -0.255. The maximum absolute atomic E-state index is 8.55. The third-order valence-electron chi connectivity index (χ3n) is 1.15. The van der Waals surface area contributed by atoms with Gasteiger partial charge in [-0.2, -0.15) is 0 Å². The second-order valence-electron chi connectivity index (χ2n) is 3.89. The van der Waals surface area contributed by atoms with E-state index in [0.717, 1.165) is 0 Å². The standard InChI is InChI=1S/C8H19NO4.BH3O3/c1-8(2,3)9(12-6-4-10)13-7-5-11;2-1(3)4/h10-11H,4-7H2,1-3H3;2-4H. The SMILES string of the molecule is CC(C)(C)N(OCCO)OCCO.OB(O)O. The zero-order chi connectivity index (χ0) is 13.9. The quantitative estimate of drug-likeness (QED) is 0.270. The van der Waals surface area contributed by atoms with E-state index in [1.54, 1.807) is 0 Å². The predicted molar refractivity (Wildman–Crippen MR) is 60.1 cm³/mol. The molecule has 8 nitrogen and oxygen atoms in total. The van der Waals surface area contributed by atoms with Gasteiger partial charge in [0.25, 0.3) is 0 Å². The number of nitrogens with zero attached hydrogens (tertiary/aromatic N) is 1. The van der Waals surface area contributed by atoms with Crippen LogP contribution in [-0.2, 0) is 9.68 Å². The van der Waals surface area contributed by atoms with Crippen molar-refractivity contribution in [1.82, 2.24) is 5.23 Å². The summed E-state index contributed by atoms with van der Waals surface area (Å²) < 4.78 is 0. The average Bonchev–Trinajstić information content (AvgIpc) is 2.15. The first kappa shape index (κ1) is 19.1. The molecule has 0 heterocycles. The molecule has 0 aromatic rings. The Morgan fingerprint density at radius 3 is 1.41 bits per heavy atom. The summed E-state index contributed by atoms with van der Waals surface area (Å²) >= 11 is 0. The summed E-state index contributed by atoms with van der Waals surface area (Å²) in [7, 11) is -2.17. The van der Waals surface area contributed by atoms with Gasteiger partial charge in [-0.05, 0) is 20.8 Å². The maximum atomic E-state index is 8.55. The van der Waals surface area contributed by atoms with Crippen molar-refractivity contribution >= 4 is 7.32 Å². The molecular formula is C8H22BNO7. The first-order valence-corrected chi connectivity index (χ1v) is 5.07. The molecule has 9 heteroatoms. The first-order chi connectivity index (χ1) is 7.75. The van der Waals surface area contributed by atoms with Crippen LogP contribution in [-0.4, -0.2) is 69.8 Å². The molecule has 5 N–H and O–H groups in total. The van der Waals surface area contributed by atoms with E-state index in [-0.39, 0.29) is 32.0 Å². The summed E-state index contributed by atoms with van der Waals surface area (Å²) in [6.45, 7) is 5.96. The maximum Gasteiger partial charge on any atom is 0.631 e. The lowest BCUT2D eigenvalue weighted by Gasteiger charge is -2.32. The van der Waals surface area contributed by atoms with Crippen LogP contribution in [0.1, 0.15) is 20.8 Å². The Balaban J connectivity index is 0. The van der Waals surface area contributed by atoms with E-state index in [9.17, 15) is 0 Å². The van der Waals surface area contributed by atoms with E-state index in [0.29, 0.717) is 0 Å². The van der Waals surface area contributed by atoms with Gasteiger partial charge in [0.05, 0.1) is 32.0 Å². The summed E-state index contributed by atoms with van der Waals surface area (Å²) in [5.74, 6) is 0. The molecule has 17 heavy (non-hydrogen) atoms. The zero-order valence-electron chi connectivity index (χ0n) is 10.4. The Kier molecular flexibility index (Phi) is 12.2. The fraction of sp³-hybridized carbons (Fsp3) is 1.00. The highest BCUT2D eigenvalue weighted by molar-refractivity contribution is 6.30. The lowest BCUT2D eigenvalue weighted by Crippen LogP contribution is -2.42. The van der Waals surface area contributed by atoms with Crippen LogP contribution in [0.5, 0.6) is 0 Å². The highest BCUT2D eigenvalue weighted by Gasteiger charge is 2.23. The van der Waals surface area contributed by atoms with E-state index < -0.39 is 7.32 Å². The van der Waals surface area contributed by atoms with Crippen molar-refractivity contribution in [2.75, 3.05) is 26.4 Å². The fourth-order valence-electron chi connectivity index (χ4n) is 0.672. The topological polar surface area (TPSA) is 123 Å². The summed E-state index contributed by atoms with van der Waals surface area (Å²) in [5, 5.41) is 39.9. The highest BCUT2D eigenvalue weighted by Crippen LogP contribution is 2.13. The smallest absolute Gasteiger partial charge is 0.402 e. The molecule has 0 saturated carbocycles. The van der Waals surface area contributed by atoms with Gasteiger partial charge in [0.15, 0.2) is 0 Å². The van der Waals surface area contributed by atoms with E-state index >= 15 is 0 Å². The van der Waals surface area contributed by atoms with Crippen LogP contribution in [0, 0.1) is 0 Å². The number of hydroxylamine groups is 2. The van der Waals surface area contributed by atoms with E-state index in [1.807, 2.05) is 20.8 Å². The van der Waals surface area contributed by atoms with Gasteiger partial charge in [-0.3, -0.25) is 9.68 Å². The Morgan fingerprint density at radius 2 is 1.24 bits per heavy atom. The third-order valence-corrected chi connectivity index (χ3v) is 1.15. The minimum absolute atomic E-state index is 0.0605. The number of rotatable bonds is 6. The number of hydrogen-bond acceptors (Lipinski definition) is 8. The van der Waals surface area contributed by atoms with Gasteiger partial charge < -0.3 is 25.3 Å². The number of hydrogen-bond donors (Lipinski definition) is 5. The number of aliphatic hydroxyl groups excluding tert-OH is 2. The summed E-state index contributed by atoms with van der Waals surface area (Å²) in [5.41, 5.74) is -0.315. The van der Waals surface area contributed by atoms with E-state index in [1.165, 1.54) is 5.23 Å².